The second-order valence-electron chi connectivity index (χ2n) is 4.39. The molecule has 1 heterocycles. The van der Waals surface area contributed by atoms with Crippen LogP contribution in [0.4, 0.5) is 17.5 Å². The molecular weight excluding hydrogens is 316 g/mol. The summed E-state index contributed by atoms with van der Waals surface area (Å²) in [6.45, 7) is 6.95. The van der Waals surface area contributed by atoms with E-state index in [1.165, 1.54) is 6.20 Å². The minimum absolute atomic E-state index is 0.149. The molecule has 0 radical (unpaired) electrons. The van der Waals surface area contributed by atoms with Crippen LogP contribution < -0.4 is 15.8 Å². The summed E-state index contributed by atoms with van der Waals surface area (Å²) in [7, 11) is 1.63. The number of benzene rings is 1. The molecule has 1 aromatic heterocycles. The summed E-state index contributed by atoms with van der Waals surface area (Å²) in [5, 5.41) is 3.50. The van der Waals surface area contributed by atoms with Crippen LogP contribution in [-0.2, 0) is 4.74 Å². The molecule has 0 fully saturated rings. The van der Waals surface area contributed by atoms with Gasteiger partial charge in [0.15, 0.2) is 5.82 Å². The van der Waals surface area contributed by atoms with Crippen molar-refractivity contribution in [3.8, 4) is 5.75 Å². The summed E-state index contributed by atoms with van der Waals surface area (Å²) in [5.41, 5.74) is 7.41. The minimum atomic E-state index is 0.149. The Balaban J connectivity index is 0.00000127. The smallest absolute Gasteiger partial charge is 0.222 e. The Morgan fingerprint density at radius 3 is 2.70 bits per heavy atom. The Morgan fingerprint density at radius 1 is 1.26 bits per heavy atom. The highest BCUT2D eigenvalue weighted by molar-refractivity contribution is 6.32. The second kappa shape index (κ2) is 9.86. The number of halogens is 1. The molecule has 23 heavy (non-hydrogen) atoms. The molecule has 0 saturated carbocycles. The Labute approximate surface area is 142 Å². The first-order chi connectivity index (χ1) is 11.1. The third-order valence-corrected chi connectivity index (χ3v) is 2.97. The second-order valence-corrected chi connectivity index (χ2v) is 4.80. The lowest BCUT2D eigenvalue weighted by molar-refractivity contribution is 0.146. The first kappa shape index (κ1) is 19.0. The van der Waals surface area contributed by atoms with Gasteiger partial charge in [-0.25, -0.2) is 4.98 Å². The zero-order valence-corrected chi connectivity index (χ0v) is 14.6. The van der Waals surface area contributed by atoms with Crippen molar-refractivity contribution in [2.24, 2.45) is 0 Å². The molecule has 0 aliphatic heterocycles. The first-order valence-corrected chi connectivity index (χ1v) is 7.75. The van der Waals surface area contributed by atoms with E-state index in [1.54, 1.807) is 7.11 Å². The molecule has 2 aromatic rings. The lowest BCUT2D eigenvalue weighted by atomic mass is 10.2. The molecule has 0 aliphatic rings. The molecule has 0 spiro atoms. The number of hydrogen-bond acceptors (Lipinski definition) is 6. The van der Waals surface area contributed by atoms with Gasteiger partial charge in [0.2, 0.25) is 5.95 Å². The van der Waals surface area contributed by atoms with E-state index in [4.69, 9.17) is 26.8 Å². The van der Waals surface area contributed by atoms with Gasteiger partial charge in [0.25, 0.3) is 0 Å². The van der Waals surface area contributed by atoms with Gasteiger partial charge in [-0.1, -0.05) is 31.5 Å². The van der Waals surface area contributed by atoms with Crippen LogP contribution in [0.2, 0.25) is 5.02 Å². The van der Waals surface area contributed by atoms with Crippen LogP contribution in [0.5, 0.6) is 5.75 Å². The number of nitrogens with two attached hydrogens (primary N) is 1. The Hall–Kier alpha value is -2.05. The Morgan fingerprint density at radius 2 is 2.00 bits per heavy atom. The number of nitrogen functional groups attached to an aromatic ring is 1. The van der Waals surface area contributed by atoms with Crippen LogP contribution in [0.3, 0.4) is 0 Å². The number of nitrogens with one attached hydrogen (secondary N) is 1. The van der Waals surface area contributed by atoms with Gasteiger partial charge in [-0.2, -0.15) is 4.98 Å². The van der Waals surface area contributed by atoms with E-state index in [0.29, 0.717) is 29.8 Å². The normalized spacial score (nSPS) is 9.78. The van der Waals surface area contributed by atoms with Crippen molar-refractivity contribution < 1.29 is 9.47 Å². The largest absolute Gasteiger partial charge is 0.489 e. The fraction of sp³-hybridized carbons (Fsp3) is 0.375. The summed E-state index contributed by atoms with van der Waals surface area (Å²) in [5.74, 6) is 1.27. The van der Waals surface area contributed by atoms with Crippen molar-refractivity contribution in [3.05, 3.63) is 35.0 Å². The summed E-state index contributed by atoms with van der Waals surface area (Å²) in [4.78, 5) is 7.91. The molecule has 0 bridgehead atoms. The van der Waals surface area contributed by atoms with Gasteiger partial charge in [0.05, 0.1) is 18.5 Å². The highest BCUT2D eigenvalue weighted by atomic mass is 35.5. The van der Waals surface area contributed by atoms with E-state index in [9.17, 15) is 0 Å². The average Bonchev–Trinajstić information content (AvgIpc) is 2.55. The van der Waals surface area contributed by atoms with Gasteiger partial charge in [0.1, 0.15) is 17.4 Å². The van der Waals surface area contributed by atoms with E-state index >= 15 is 0 Å². The number of rotatable bonds is 6. The van der Waals surface area contributed by atoms with Crippen molar-refractivity contribution in [2.75, 3.05) is 31.4 Å². The summed E-state index contributed by atoms with van der Waals surface area (Å²) < 4.78 is 10.6. The number of aromatic nitrogens is 2. The molecule has 0 saturated heterocycles. The molecule has 1 aromatic carbocycles. The maximum atomic E-state index is 6.06. The van der Waals surface area contributed by atoms with Crippen molar-refractivity contribution >= 4 is 29.1 Å². The maximum Gasteiger partial charge on any atom is 0.222 e. The number of methoxy groups -OCH3 is 1. The van der Waals surface area contributed by atoms with Gasteiger partial charge < -0.3 is 20.5 Å². The summed E-state index contributed by atoms with van der Waals surface area (Å²) >= 11 is 6.06. The monoisotopic (exact) mass is 338 g/mol. The van der Waals surface area contributed by atoms with Gasteiger partial charge in [0, 0.05) is 7.11 Å². The molecule has 6 nitrogen and oxygen atoms in total. The van der Waals surface area contributed by atoms with Gasteiger partial charge in [-0.05, 0) is 24.6 Å². The van der Waals surface area contributed by atoms with E-state index < -0.39 is 0 Å². The van der Waals surface area contributed by atoms with E-state index in [-0.39, 0.29) is 5.95 Å². The first-order valence-electron chi connectivity index (χ1n) is 7.37. The quantitative estimate of drug-likeness (QED) is 0.779. The SMILES string of the molecule is CC.COCCOc1ccc(C)cc1Nc1nc(N)ncc1Cl. The number of anilines is 3. The molecule has 0 unspecified atom stereocenters. The number of hydrogen-bond donors (Lipinski definition) is 2. The number of aryl methyl sites for hydroxylation is 1. The van der Waals surface area contributed by atoms with Gasteiger partial charge in [-0.3, -0.25) is 0 Å². The highest BCUT2D eigenvalue weighted by Crippen LogP contribution is 2.31. The third kappa shape index (κ3) is 5.92. The van der Waals surface area contributed by atoms with Crippen LogP contribution in [0.25, 0.3) is 0 Å². The molecule has 3 N–H and O–H groups in total. The van der Waals surface area contributed by atoms with E-state index in [1.807, 2.05) is 39.0 Å². The fourth-order valence-electron chi connectivity index (χ4n) is 1.70. The minimum Gasteiger partial charge on any atom is -0.489 e. The van der Waals surface area contributed by atoms with Crippen molar-refractivity contribution in [2.45, 2.75) is 20.8 Å². The van der Waals surface area contributed by atoms with Crippen LogP contribution in [0.1, 0.15) is 19.4 Å². The number of ether oxygens (including phenoxy) is 2. The predicted octanol–water partition coefficient (Wildman–Crippen LogP) is 3.82. The fourth-order valence-corrected chi connectivity index (χ4v) is 1.84. The number of nitrogens with zero attached hydrogens (tertiary/aromatic N) is 2. The predicted molar refractivity (Wildman–Crippen MR) is 94.6 cm³/mol. The van der Waals surface area contributed by atoms with E-state index in [0.717, 1.165) is 11.3 Å². The topological polar surface area (TPSA) is 82.3 Å². The molecule has 2 rings (SSSR count). The van der Waals surface area contributed by atoms with Gasteiger partial charge >= 0.3 is 0 Å². The van der Waals surface area contributed by atoms with Crippen LogP contribution in [-0.4, -0.2) is 30.3 Å². The van der Waals surface area contributed by atoms with Crippen molar-refractivity contribution in [3.63, 3.8) is 0 Å². The van der Waals surface area contributed by atoms with Crippen molar-refractivity contribution in [1.29, 1.82) is 0 Å². The molecule has 0 aliphatic carbocycles. The third-order valence-electron chi connectivity index (χ3n) is 2.70. The Kier molecular flexibility index (Phi) is 8.15. The van der Waals surface area contributed by atoms with Gasteiger partial charge in [-0.15, -0.1) is 0 Å². The maximum absolute atomic E-state index is 6.06. The zero-order valence-electron chi connectivity index (χ0n) is 13.9. The molecule has 7 heteroatoms. The molecule has 126 valence electrons. The lowest BCUT2D eigenvalue weighted by Crippen LogP contribution is -2.07. The standard InChI is InChI=1S/C14H17ClN4O2.C2H6/c1-9-3-4-12(21-6-5-20-2)11(7-9)18-13-10(15)8-17-14(16)19-13;1-2/h3-4,7-8H,5-6H2,1-2H3,(H3,16,17,18,19);1-2H3. The molecular formula is C16H23ClN4O2. The zero-order chi connectivity index (χ0) is 17.2. The summed E-state index contributed by atoms with van der Waals surface area (Å²) in [6, 6.07) is 5.78. The summed E-state index contributed by atoms with van der Waals surface area (Å²) in [6.07, 6.45) is 1.45. The Bertz CT molecular complexity index is 623. The van der Waals surface area contributed by atoms with Crippen LogP contribution in [0, 0.1) is 6.92 Å². The lowest BCUT2D eigenvalue weighted by Gasteiger charge is -2.14. The van der Waals surface area contributed by atoms with Crippen molar-refractivity contribution in [1.82, 2.24) is 9.97 Å². The highest BCUT2D eigenvalue weighted by Gasteiger charge is 2.09. The van der Waals surface area contributed by atoms with Crippen LogP contribution >= 0.6 is 11.6 Å². The average molecular weight is 339 g/mol. The molecule has 0 amide bonds. The van der Waals surface area contributed by atoms with Crippen LogP contribution in [0.15, 0.2) is 24.4 Å². The van der Waals surface area contributed by atoms with E-state index in [2.05, 4.69) is 15.3 Å². The molecule has 0 atom stereocenters.